The Kier molecular flexibility index (Phi) is 4.95. The maximum Gasteiger partial charge on any atom is 0.142 e. The van der Waals surface area contributed by atoms with Crippen molar-refractivity contribution in [1.82, 2.24) is 4.98 Å². The molecule has 0 fully saturated rings. The van der Waals surface area contributed by atoms with Gasteiger partial charge in [-0.05, 0) is 41.2 Å². The highest BCUT2D eigenvalue weighted by molar-refractivity contribution is 6.30. The van der Waals surface area contributed by atoms with E-state index in [9.17, 15) is 5.26 Å². The molecule has 0 aliphatic rings. The van der Waals surface area contributed by atoms with Gasteiger partial charge in [0.1, 0.15) is 17.5 Å². The van der Waals surface area contributed by atoms with Gasteiger partial charge in [-0.15, -0.1) is 0 Å². The second-order valence-corrected chi connectivity index (χ2v) is 8.11. The minimum Gasteiger partial charge on any atom is -0.383 e. The van der Waals surface area contributed by atoms with Gasteiger partial charge in [0.2, 0.25) is 0 Å². The number of nitrogens with two attached hydrogens (primary N) is 1. The van der Waals surface area contributed by atoms with Crippen molar-refractivity contribution in [2.24, 2.45) is 0 Å². The van der Waals surface area contributed by atoms with Gasteiger partial charge in [-0.2, -0.15) is 5.26 Å². The third kappa shape index (κ3) is 3.67. The Balaban J connectivity index is 2.24. The first-order valence-corrected chi connectivity index (χ1v) is 9.17. The first-order valence-electron chi connectivity index (χ1n) is 8.79. The van der Waals surface area contributed by atoms with Crippen molar-refractivity contribution in [1.29, 1.82) is 5.26 Å². The number of benzene rings is 2. The molecule has 0 saturated heterocycles. The molecule has 0 amide bonds. The van der Waals surface area contributed by atoms with E-state index in [0.717, 1.165) is 27.9 Å². The van der Waals surface area contributed by atoms with Gasteiger partial charge in [-0.1, -0.05) is 68.8 Å². The summed E-state index contributed by atoms with van der Waals surface area (Å²) in [6.45, 7) is 8.50. The summed E-state index contributed by atoms with van der Waals surface area (Å²) in [5.41, 5.74) is 12.2. The summed E-state index contributed by atoms with van der Waals surface area (Å²) in [6.07, 6.45) is 0. The molecular weight excluding hydrogens is 354 g/mol. The first-order chi connectivity index (χ1) is 12.7. The number of hydrogen-bond donors (Lipinski definition) is 1. The van der Waals surface area contributed by atoms with Gasteiger partial charge in [0.05, 0.1) is 5.69 Å². The molecular formula is C23H22ClN3. The topological polar surface area (TPSA) is 62.7 Å². The Morgan fingerprint density at radius 3 is 2.26 bits per heavy atom. The van der Waals surface area contributed by atoms with E-state index in [1.165, 1.54) is 5.56 Å². The van der Waals surface area contributed by atoms with Crippen LogP contribution in [0.3, 0.4) is 0 Å². The zero-order valence-electron chi connectivity index (χ0n) is 16.0. The summed E-state index contributed by atoms with van der Waals surface area (Å²) in [7, 11) is 0. The second kappa shape index (κ2) is 7.06. The second-order valence-electron chi connectivity index (χ2n) is 7.67. The Morgan fingerprint density at radius 1 is 1.04 bits per heavy atom. The van der Waals surface area contributed by atoms with E-state index in [0.29, 0.717) is 10.6 Å². The molecule has 0 aliphatic heterocycles. The third-order valence-electron chi connectivity index (χ3n) is 4.72. The van der Waals surface area contributed by atoms with Gasteiger partial charge in [-0.25, -0.2) is 4.98 Å². The average Bonchev–Trinajstić information content (AvgIpc) is 2.62. The Labute approximate surface area is 165 Å². The van der Waals surface area contributed by atoms with E-state index in [4.69, 9.17) is 17.3 Å². The fraction of sp³-hybridized carbons (Fsp3) is 0.217. The summed E-state index contributed by atoms with van der Waals surface area (Å²) >= 11 is 6.15. The van der Waals surface area contributed by atoms with Crippen molar-refractivity contribution in [3.8, 4) is 28.5 Å². The van der Waals surface area contributed by atoms with Crippen molar-refractivity contribution in [3.63, 3.8) is 0 Å². The van der Waals surface area contributed by atoms with E-state index in [1.807, 2.05) is 43.3 Å². The van der Waals surface area contributed by atoms with E-state index >= 15 is 0 Å². The molecule has 27 heavy (non-hydrogen) atoms. The van der Waals surface area contributed by atoms with Crippen molar-refractivity contribution in [2.75, 3.05) is 5.73 Å². The van der Waals surface area contributed by atoms with Crippen LogP contribution in [0.1, 0.15) is 37.5 Å². The molecule has 2 aromatic carbocycles. The molecule has 0 atom stereocenters. The van der Waals surface area contributed by atoms with Crippen LogP contribution in [0.5, 0.6) is 0 Å². The van der Waals surface area contributed by atoms with Crippen LogP contribution in [0.4, 0.5) is 5.82 Å². The lowest BCUT2D eigenvalue weighted by Crippen LogP contribution is -2.10. The Hall–Kier alpha value is -2.83. The minimum absolute atomic E-state index is 0.0643. The van der Waals surface area contributed by atoms with Crippen LogP contribution in [0.25, 0.3) is 22.4 Å². The lowest BCUT2D eigenvalue weighted by atomic mass is 9.85. The molecule has 0 bridgehead atoms. The Morgan fingerprint density at radius 2 is 1.70 bits per heavy atom. The summed E-state index contributed by atoms with van der Waals surface area (Å²) in [6, 6.07) is 18.0. The normalized spacial score (nSPS) is 11.3. The predicted molar refractivity (Wildman–Crippen MR) is 113 cm³/mol. The minimum atomic E-state index is 0.0643. The maximum atomic E-state index is 9.68. The molecule has 4 heteroatoms. The highest BCUT2D eigenvalue weighted by atomic mass is 35.5. The number of nitriles is 1. The van der Waals surface area contributed by atoms with Crippen LogP contribution in [-0.2, 0) is 5.41 Å². The molecule has 1 heterocycles. The zero-order chi connectivity index (χ0) is 19.8. The molecule has 1 aromatic heterocycles. The number of rotatable bonds is 2. The number of halogens is 1. The number of nitrogens with zero attached hydrogens (tertiary/aromatic N) is 2. The number of pyridine rings is 1. The van der Waals surface area contributed by atoms with Crippen LogP contribution in [0, 0.1) is 18.3 Å². The predicted octanol–water partition coefficient (Wildman–Crippen LogP) is 6.13. The van der Waals surface area contributed by atoms with E-state index in [2.05, 4.69) is 44.0 Å². The van der Waals surface area contributed by atoms with Crippen molar-refractivity contribution in [2.45, 2.75) is 33.1 Å². The van der Waals surface area contributed by atoms with Crippen LogP contribution in [0.15, 0.2) is 48.5 Å². The van der Waals surface area contributed by atoms with Crippen molar-refractivity contribution in [3.05, 3.63) is 70.2 Å². The van der Waals surface area contributed by atoms with E-state index < -0.39 is 0 Å². The first kappa shape index (κ1) is 18.9. The highest BCUT2D eigenvalue weighted by Gasteiger charge is 2.19. The van der Waals surface area contributed by atoms with Crippen LogP contribution in [-0.4, -0.2) is 4.98 Å². The third-order valence-corrected chi connectivity index (χ3v) is 4.95. The molecule has 0 aliphatic carbocycles. The smallest absolute Gasteiger partial charge is 0.142 e. The Bertz CT molecular complexity index is 1040. The summed E-state index contributed by atoms with van der Waals surface area (Å²) in [4.78, 5) is 4.49. The summed E-state index contributed by atoms with van der Waals surface area (Å²) in [5, 5.41) is 10.3. The standard InChI is InChI=1S/C23H22ClN3/c1-14-20(15-8-10-17(11-9-15)23(2,3)4)19(13-25)22(26)27-21(14)16-6-5-7-18(24)12-16/h5-12H,1-4H3,(H2,26,27). The van der Waals surface area contributed by atoms with Crippen molar-refractivity contribution < 1.29 is 0 Å². The molecule has 3 rings (SSSR count). The lowest BCUT2D eigenvalue weighted by molar-refractivity contribution is 0.590. The highest BCUT2D eigenvalue weighted by Crippen LogP contribution is 2.37. The van der Waals surface area contributed by atoms with Crippen LogP contribution >= 0.6 is 11.6 Å². The number of aromatic nitrogens is 1. The molecule has 0 radical (unpaired) electrons. The molecule has 0 unspecified atom stereocenters. The van der Waals surface area contributed by atoms with Crippen LogP contribution in [0.2, 0.25) is 5.02 Å². The van der Waals surface area contributed by atoms with Crippen LogP contribution < -0.4 is 5.73 Å². The average molecular weight is 376 g/mol. The van der Waals surface area contributed by atoms with Gasteiger partial charge >= 0.3 is 0 Å². The monoisotopic (exact) mass is 375 g/mol. The lowest BCUT2D eigenvalue weighted by Gasteiger charge is -2.20. The fourth-order valence-corrected chi connectivity index (χ4v) is 3.41. The maximum absolute atomic E-state index is 9.68. The van der Waals surface area contributed by atoms with Gasteiger partial charge < -0.3 is 5.73 Å². The number of nitrogen functional groups attached to an aromatic ring is 1. The molecule has 3 nitrogen and oxygen atoms in total. The van der Waals surface area contributed by atoms with Gasteiger partial charge in [-0.3, -0.25) is 0 Å². The van der Waals surface area contributed by atoms with Gasteiger partial charge in [0, 0.05) is 16.1 Å². The molecule has 0 spiro atoms. The number of anilines is 1. The summed E-state index contributed by atoms with van der Waals surface area (Å²) < 4.78 is 0. The molecule has 0 saturated carbocycles. The molecule has 136 valence electrons. The van der Waals surface area contributed by atoms with Gasteiger partial charge in [0.25, 0.3) is 0 Å². The van der Waals surface area contributed by atoms with E-state index in [-0.39, 0.29) is 11.2 Å². The van der Waals surface area contributed by atoms with E-state index in [1.54, 1.807) is 0 Å². The molecule has 3 aromatic rings. The molecule has 2 N–H and O–H groups in total. The zero-order valence-corrected chi connectivity index (χ0v) is 16.7. The summed E-state index contributed by atoms with van der Waals surface area (Å²) in [5.74, 6) is 0.230. The van der Waals surface area contributed by atoms with Gasteiger partial charge in [0.15, 0.2) is 0 Å². The largest absolute Gasteiger partial charge is 0.383 e. The number of hydrogen-bond acceptors (Lipinski definition) is 3. The van der Waals surface area contributed by atoms with Crippen molar-refractivity contribution >= 4 is 17.4 Å². The fourth-order valence-electron chi connectivity index (χ4n) is 3.22. The quantitative estimate of drug-likeness (QED) is 0.586. The SMILES string of the molecule is Cc1c(-c2cccc(Cl)c2)nc(N)c(C#N)c1-c1ccc(C(C)(C)C)cc1.